The van der Waals surface area contributed by atoms with Gasteiger partial charge in [-0.3, -0.25) is 4.79 Å². The molecular formula is C15H24N4O2S. The lowest BCUT2D eigenvalue weighted by molar-refractivity contribution is -0.120. The molecular weight excluding hydrogens is 300 g/mol. The Morgan fingerprint density at radius 1 is 1.41 bits per heavy atom. The maximum Gasteiger partial charge on any atom is 0.230 e. The molecule has 22 heavy (non-hydrogen) atoms. The molecule has 0 spiro atoms. The van der Waals surface area contributed by atoms with Crippen LogP contribution in [-0.2, 0) is 9.53 Å². The number of nitrogens with one attached hydrogen (secondary N) is 1. The number of amides is 1. The molecule has 1 aromatic heterocycles. The Balaban J connectivity index is 1.84. The third-order valence-electron chi connectivity index (χ3n) is 3.47. The number of nitrogens with zero attached hydrogens (tertiary/aromatic N) is 3. The van der Waals surface area contributed by atoms with Crippen LogP contribution >= 0.6 is 11.8 Å². The number of hydrogen-bond donors (Lipinski definition) is 1. The fourth-order valence-corrected chi connectivity index (χ4v) is 3.38. The monoisotopic (exact) mass is 324 g/mol. The van der Waals surface area contributed by atoms with E-state index in [1.54, 1.807) is 0 Å². The Bertz CT molecular complexity index is 506. The van der Waals surface area contributed by atoms with Crippen molar-refractivity contribution in [3.05, 3.63) is 17.5 Å². The van der Waals surface area contributed by atoms with E-state index in [2.05, 4.69) is 20.2 Å². The van der Waals surface area contributed by atoms with Gasteiger partial charge in [0.1, 0.15) is 0 Å². The fraction of sp³-hybridized carbons (Fsp3) is 0.667. The standard InChI is InChI=1S/C15H24N4O2S/c1-5-21-13-8-19(4)7-12(13)18-14(20)9-22-15-16-10(2)6-11(3)17-15/h6,12-13H,5,7-9H2,1-4H3,(H,18,20)/t12-,13-/m0/s1. The van der Waals surface area contributed by atoms with E-state index in [1.807, 2.05) is 33.9 Å². The van der Waals surface area contributed by atoms with Crippen molar-refractivity contribution in [1.29, 1.82) is 0 Å². The van der Waals surface area contributed by atoms with Crippen molar-refractivity contribution < 1.29 is 9.53 Å². The van der Waals surface area contributed by atoms with Crippen molar-refractivity contribution in [2.75, 3.05) is 32.5 Å². The van der Waals surface area contributed by atoms with Crippen molar-refractivity contribution in [3.8, 4) is 0 Å². The smallest absolute Gasteiger partial charge is 0.230 e. The molecule has 2 heterocycles. The number of likely N-dealkylation sites (N-methyl/N-ethyl adjacent to an activating group) is 1. The van der Waals surface area contributed by atoms with Crippen LogP contribution in [0.2, 0.25) is 0 Å². The van der Waals surface area contributed by atoms with Crippen LogP contribution in [0.25, 0.3) is 0 Å². The first-order valence-electron chi connectivity index (χ1n) is 7.52. The lowest BCUT2D eigenvalue weighted by Gasteiger charge is -2.19. The van der Waals surface area contributed by atoms with Gasteiger partial charge in [0.2, 0.25) is 5.91 Å². The number of carbonyl (C=O) groups excluding carboxylic acids is 1. The minimum atomic E-state index is -0.00207. The van der Waals surface area contributed by atoms with E-state index < -0.39 is 0 Å². The third-order valence-corrected chi connectivity index (χ3v) is 4.32. The van der Waals surface area contributed by atoms with Crippen LogP contribution in [0.3, 0.4) is 0 Å². The second-order valence-electron chi connectivity index (χ2n) is 5.61. The number of likely N-dealkylation sites (tertiary alicyclic amines) is 1. The molecule has 0 aliphatic carbocycles. The summed E-state index contributed by atoms with van der Waals surface area (Å²) in [6.45, 7) is 8.17. The predicted molar refractivity (Wildman–Crippen MR) is 87.1 cm³/mol. The molecule has 0 aromatic carbocycles. The van der Waals surface area contributed by atoms with E-state index in [1.165, 1.54) is 11.8 Å². The molecule has 2 rings (SSSR count). The quantitative estimate of drug-likeness (QED) is 0.622. The first-order chi connectivity index (χ1) is 10.5. The highest BCUT2D eigenvalue weighted by Crippen LogP contribution is 2.15. The fourth-order valence-electron chi connectivity index (χ4n) is 2.62. The third kappa shape index (κ3) is 4.93. The van der Waals surface area contributed by atoms with Crippen molar-refractivity contribution in [1.82, 2.24) is 20.2 Å². The van der Waals surface area contributed by atoms with Gasteiger partial charge in [-0.15, -0.1) is 0 Å². The zero-order valence-electron chi connectivity index (χ0n) is 13.6. The van der Waals surface area contributed by atoms with Gasteiger partial charge in [0, 0.05) is 31.1 Å². The van der Waals surface area contributed by atoms with Gasteiger partial charge in [0.15, 0.2) is 5.16 Å². The van der Waals surface area contributed by atoms with Crippen molar-refractivity contribution >= 4 is 17.7 Å². The Labute approximate surface area is 136 Å². The average molecular weight is 324 g/mol. The molecule has 1 fully saturated rings. The minimum absolute atomic E-state index is 0.00207. The van der Waals surface area contributed by atoms with Gasteiger partial charge in [0.05, 0.1) is 17.9 Å². The molecule has 1 aromatic rings. The second-order valence-corrected chi connectivity index (χ2v) is 6.55. The van der Waals surface area contributed by atoms with E-state index in [0.29, 0.717) is 17.5 Å². The number of carbonyl (C=O) groups is 1. The van der Waals surface area contributed by atoms with Gasteiger partial charge >= 0.3 is 0 Å². The molecule has 0 radical (unpaired) electrons. The molecule has 7 heteroatoms. The Morgan fingerprint density at radius 3 is 2.73 bits per heavy atom. The number of aromatic nitrogens is 2. The van der Waals surface area contributed by atoms with Crippen LogP contribution in [0.4, 0.5) is 0 Å². The maximum absolute atomic E-state index is 12.1. The maximum atomic E-state index is 12.1. The zero-order valence-corrected chi connectivity index (χ0v) is 14.4. The SMILES string of the molecule is CCO[C@H]1CN(C)C[C@@H]1NC(=O)CSc1nc(C)cc(C)n1. The Morgan fingerprint density at radius 2 is 2.09 bits per heavy atom. The first kappa shape index (κ1) is 17.2. The summed E-state index contributed by atoms with van der Waals surface area (Å²) in [4.78, 5) is 23.0. The highest BCUT2D eigenvalue weighted by Gasteiger charge is 2.32. The van der Waals surface area contributed by atoms with E-state index in [9.17, 15) is 4.79 Å². The Kier molecular flexibility index (Phi) is 6.16. The molecule has 1 saturated heterocycles. The zero-order chi connectivity index (χ0) is 16.1. The summed E-state index contributed by atoms with van der Waals surface area (Å²) < 4.78 is 5.69. The van der Waals surface area contributed by atoms with Gasteiger partial charge in [-0.1, -0.05) is 11.8 Å². The molecule has 1 N–H and O–H groups in total. The number of hydrogen-bond acceptors (Lipinski definition) is 6. The summed E-state index contributed by atoms with van der Waals surface area (Å²) >= 11 is 1.37. The number of aryl methyl sites for hydroxylation is 2. The molecule has 122 valence electrons. The van der Waals surface area contributed by atoms with E-state index in [4.69, 9.17) is 4.74 Å². The second kappa shape index (κ2) is 7.89. The van der Waals surface area contributed by atoms with Crippen LogP contribution in [0.5, 0.6) is 0 Å². The number of ether oxygens (including phenoxy) is 1. The molecule has 1 amide bonds. The lowest BCUT2D eigenvalue weighted by atomic mass is 10.2. The first-order valence-corrected chi connectivity index (χ1v) is 8.51. The van der Waals surface area contributed by atoms with Gasteiger partial charge < -0.3 is 15.0 Å². The van der Waals surface area contributed by atoms with Crippen molar-refractivity contribution in [2.45, 2.75) is 38.1 Å². The summed E-state index contributed by atoms with van der Waals surface area (Å²) in [7, 11) is 2.04. The topological polar surface area (TPSA) is 67.3 Å². The van der Waals surface area contributed by atoms with Crippen LogP contribution in [-0.4, -0.2) is 65.4 Å². The van der Waals surface area contributed by atoms with E-state index in [0.717, 1.165) is 24.5 Å². The largest absolute Gasteiger partial charge is 0.375 e. The van der Waals surface area contributed by atoms with Crippen LogP contribution in [0, 0.1) is 13.8 Å². The molecule has 0 bridgehead atoms. The molecule has 2 atom stereocenters. The summed E-state index contributed by atoms with van der Waals surface area (Å²) in [6, 6.07) is 1.98. The van der Waals surface area contributed by atoms with E-state index in [-0.39, 0.29) is 18.1 Å². The molecule has 1 aliphatic rings. The van der Waals surface area contributed by atoms with Crippen molar-refractivity contribution in [2.24, 2.45) is 0 Å². The summed E-state index contributed by atoms with van der Waals surface area (Å²) in [5, 5.41) is 3.71. The number of thioether (sulfide) groups is 1. The molecule has 0 saturated carbocycles. The summed E-state index contributed by atoms with van der Waals surface area (Å²) in [5.41, 5.74) is 1.84. The van der Waals surface area contributed by atoms with Gasteiger partial charge in [-0.25, -0.2) is 9.97 Å². The highest BCUT2D eigenvalue weighted by atomic mass is 32.2. The normalized spacial score (nSPS) is 22.0. The molecule has 6 nitrogen and oxygen atoms in total. The van der Waals surface area contributed by atoms with Gasteiger partial charge in [0.25, 0.3) is 0 Å². The molecule has 1 aliphatic heterocycles. The van der Waals surface area contributed by atoms with E-state index >= 15 is 0 Å². The van der Waals surface area contributed by atoms with Crippen LogP contribution in [0.1, 0.15) is 18.3 Å². The highest BCUT2D eigenvalue weighted by molar-refractivity contribution is 7.99. The van der Waals surface area contributed by atoms with Gasteiger partial charge in [-0.2, -0.15) is 0 Å². The lowest BCUT2D eigenvalue weighted by Crippen LogP contribution is -2.44. The summed E-state index contributed by atoms with van der Waals surface area (Å²) in [6.07, 6.45) is 0.0708. The van der Waals surface area contributed by atoms with Crippen molar-refractivity contribution in [3.63, 3.8) is 0 Å². The predicted octanol–water partition coefficient (Wildman–Crippen LogP) is 1.02. The van der Waals surface area contributed by atoms with Crippen LogP contribution in [0.15, 0.2) is 11.2 Å². The summed E-state index contributed by atoms with van der Waals surface area (Å²) in [5.74, 6) is 0.319. The minimum Gasteiger partial charge on any atom is -0.375 e. The van der Waals surface area contributed by atoms with Gasteiger partial charge in [-0.05, 0) is 33.9 Å². The van der Waals surface area contributed by atoms with Crippen LogP contribution < -0.4 is 5.32 Å². The Hall–Kier alpha value is -1.18. The number of rotatable bonds is 6. The average Bonchev–Trinajstić information content (AvgIpc) is 2.76. The molecule has 0 unspecified atom stereocenters.